The first-order chi connectivity index (χ1) is 18.6. The molecule has 0 spiro atoms. The largest absolute Gasteiger partial charge is 0.452 e. The van der Waals surface area contributed by atoms with Crippen LogP contribution < -0.4 is 21.7 Å². The average molecular weight is 567 g/mol. The quantitative estimate of drug-likeness (QED) is 0.230. The zero-order valence-corrected chi connectivity index (χ0v) is 23.9. The van der Waals surface area contributed by atoms with Crippen LogP contribution in [0, 0.1) is 24.9 Å². The van der Waals surface area contributed by atoms with Gasteiger partial charge in [-0.05, 0) is 45.4 Å². The Hall–Kier alpha value is -3.55. The van der Waals surface area contributed by atoms with Crippen LogP contribution in [0.4, 0.5) is 0 Å². The molecule has 0 aromatic heterocycles. The highest BCUT2D eigenvalue weighted by Gasteiger charge is 2.40. The summed E-state index contributed by atoms with van der Waals surface area (Å²) in [5.41, 5.74) is 6.98. The van der Waals surface area contributed by atoms with E-state index in [1.165, 1.54) is 25.7 Å². The number of carbonyl (C=O) groups is 7. The summed E-state index contributed by atoms with van der Waals surface area (Å²) in [6.45, 7) is 12.3. The third-order valence-electron chi connectivity index (χ3n) is 6.25. The van der Waals surface area contributed by atoms with E-state index < -0.39 is 71.8 Å². The second kappa shape index (κ2) is 15.9. The van der Waals surface area contributed by atoms with Gasteiger partial charge in [-0.25, -0.2) is 15.3 Å². The number of nitrogens with one attached hydrogen (secondary N) is 4. The fourth-order valence-corrected chi connectivity index (χ4v) is 3.77. The van der Waals surface area contributed by atoms with E-state index in [2.05, 4.69) is 16.0 Å². The molecule has 14 nitrogen and oxygen atoms in total. The third-order valence-corrected chi connectivity index (χ3v) is 6.25. The van der Waals surface area contributed by atoms with Gasteiger partial charge in [-0.15, -0.1) is 0 Å². The van der Waals surface area contributed by atoms with Crippen molar-refractivity contribution in [2.75, 3.05) is 6.54 Å². The first-order valence-corrected chi connectivity index (χ1v) is 13.1. The number of Topliss-reactive ketones (excluding diaryl/α,β-unsaturated/α-hetero) is 1. The molecule has 1 rings (SSSR count). The van der Waals surface area contributed by atoms with Gasteiger partial charge >= 0.3 is 11.9 Å². The Labute approximate surface area is 234 Å². The molecule has 4 N–H and O–H groups in total. The van der Waals surface area contributed by atoms with Gasteiger partial charge in [-0.3, -0.25) is 24.0 Å². The van der Waals surface area contributed by atoms with Crippen LogP contribution in [0.3, 0.4) is 0 Å². The van der Waals surface area contributed by atoms with Crippen LogP contribution in [-0.2, 0) is 43.0 Å². The van der Waals surface area contributed by atoms with E-state index in [9.17, 15) is 33.6 Å². The van der Waals surface area contributed by atoms with E-state index in [1.807, 2.05) is 0 Å². The zero-order valence-electron chi connectivity index (χ0n) is 23.9. The molecule has 40 heavy (non-hydrogen) atoms. The van der Waals surface area contributed by atoms with Crippen LogP contribution in [0.25, 0.3) is 0 Å². The van der Waals surface area contributed by atoms with Crippen molar-refractivity contribution in [2.45, 2.75) is 91.6 Å². The lowest BCUT2D eigenvalue weighted by atomic mass is 10.0. The van der Waals surface area contributed by atoms with Crippen molar-refractivity contribution in [3.63, 3.8) is 0 Å². The van der Waals surface area contributed by atoms with Crippen molar-refractivity contribution < 1.29 is 43.0 Å². The Morgan fingerprint density at radius 1 is 0.850 bits per heavy atom. The first kappa shape index (κ1) is 34.5. The lowest BCUT2D eigenvalue weighted by molar-refractivity contribution is -0.174. The molecule has 14 heteroatoms. The Morgan fingerprint density at radius 2 is 1.43 bits per heavy atom. The standard InChI is InChI=1S/C26H40N5O9/c1-13(2)21(29-19(33)11-27)23(35)28-12-20(34)30-22(14(3)4)24(36)31-10-8-9-18(31)26(38)40-17(7)25(37)39-16(6)15(5)32/h11-14,16-18,21-22,27H,8-10H2,1-7H3,(H,28,35)(H,29,33)(H,30,34). The summed E-state index contributed by atoms with van der Waals surface area (Å²) in [7, 11) is 0. The number of hydrogen-bond donors (Lipinski definition) is 3. The summed E-state index contributed by atoms with van der Waals surface area (Å²) in [5, 5.41) is 7.19. The minimum atomic E-state index is -1.30. The van der Waals surface area contributed by atoms with Gasteiger partial charge in [-0.1, -0.05) is 27.7 Å². The highest BCUT2D eigenvalue weighted by Crippen LogP contribution is 2.22. The molecule has 0 bridgehead atoms. The molecular weight excluding hydrogens is 526 g/mol. The molecule has 1 aliphatic rings. The van der Waals surface area contributed by atoms with Crippen molar-refractivity contribution in [1.29, 1.82) is 0 Å². The number of nitrogens with zero attached hydrogens (tertiary/aromatic N) is 1. The Kier molecular flexibility index (Phi) is 13.7. The van der Waals surface area contributed by atoms with Gasteiger partial charge in [0.15, 0.2) is 18.0 Å². The van der Waals surface area contributed by atoms with E-state index >= 15 is 0 Å². The number of hydrogen-bond acceptors (Lipinski definition) is 9. The van der Waals surface area contributed by atoms with Gasteiger partial charge in [0.1, 0.15) is 31.2 Å². The summed E-state index contributed by atoms with van der Waals surface area (Å²) in [6.07, 6.45) is -1.52. The monoisotopic (exact) mass is 566 g/mol. The van der Waals surface area contributed by atoms with Gasteiger partial charge in [-0.2, -0.15) is 0 Å². The summed E-state index contributed by atoms with van der Waals surface area (Å²) in [6, 6.07) is -3.03. The number of ether oxygens (including phenoxy) is 2. The molecule has 0 saturated carbocycles. The van der Waals surface area contributed by atoms with Crippen molar-refractivity contribution >= 4 is 41.4 Å². The number of carbonyl (C=O) groups excluding carboxylic acids is 7. The molecule has 1 heterocycles. The summed E-state index contributed by atoms with van der Waals surface area (Å²) in [5.74, 6) is -5.57. The summed E-state index contributed by atoms with van der Waals surface area (Å²) in [4.78, 5) is 87.5. The maximum Gasteiger partial charge on any atom is 0.347 e. The minimum Gasteiger partial charge on any atom is -0.452 e. The molecule has 1 aliphatic heterocycles. The smallest absolute Gasteiger partial charge is 0.347 e. The molecule has 1 fully saturated rings. The molecular formula is C26H40N5O9. The first-order valence-electron chi connectivity index (χ1n) is 13.1. The maximum absolute atomic E-state index is 13.4. The molecule has 4 amide bonds. The molecule has 0 aromatic carbocycles. The SMILES string of the molecule is CC(=O)C(C)OC(=O)C(C)OC(=O)C1CCCN1C(=O)C(NC(=O)[CH]NC(=O)C(NC(=O)[CH][NH])C(C)C)C(C)C. The van der Waals surface area contributed by atoms with Crippen molar-refractivity contribution in [3.05, 3.63) is 13.1 Å². The highest BCUT2D eigenvalue weighted by molar-refractivity contribution is 5.97. The van der Waals surface area contributed by atoms with Gasteiger partial charge in [0.2, 0.25) is 23.6 Å². The van der Waals surface area contributed by atoms with Crippen LogP contribution in [0.2, 0.25) is 0 Å². The molecule has 3 radical (unpaired) electrons. The minimum absolute atomic E-state index is 0.223. The van der Waals surface area contributed by atoms with Crippen molar-refractivity contribution in [1.82, 2.24) is 26.6 Å². The second-order valence-electron chi connectivity index (χ2n) is 10.2. The van der Waals surface area contributed by atoms with E-state index in [1.54, 1.807) is 27.7 Å². The third kappa shape index (κ3) is 10.2. The van der Waals surface area contributed by atoms with Crippen molar-refractivity contribution in [3.8, 4) is 0 Å². The van der Waals surface area contributed by atoms with Crippen molar-refractivity contribution in [2.24, 2.45) is 11.8 Å². The zero-order chi connectivity index (χ0) is 30.7. The fraction of sp³-hybridized carbons (Fsp3) is 0.654. The molecule has 0 aromatic rings. The van der Waals surface area contributed by atoms with Gasteiger partial charge < -0.3 is 30.3 Å². The average Bonchev–Trinajstić information content (AvgIpc) is 3.38. The number of esters is 2. The molecule has 0 aliphatic carbocycles. The van der Waals surface area contributed by atoms with E-state index in [0.717, 1.165) is 6.54 Å². The molecule has 1 saturated heterocycles. The van der Waals surface area contributed by atoms with Crippen LogP contribution in [0.5, 0.6) is 0 Å². The Balaban J connectivity index is 2.82. The highest BCUT2D eigenvalue weighted by atomic mass is 16.6. The second-order valence-corrected chi connectivity index (χ2v) is 10.2. The predicted molar refractivity (Wildman–Crippen MR) is 140 cm³/mol. The number of amides is 4. The Bertz CT molecular complexity index is 968. The Morgan fingerprint density at radius 3 is 1.95 bits per heavy atom. The summed E-state index contributed by atoms with van der Waals surface area (Å²) < 4.78 is 10.2. The van der Waals surface area contributed by atoms with E-state index in [0.29, 0.717) is 13.0 Å². The number of rotatable bonds is 14. The van der Waals surface area contributed by atoms with Crippen LogP contribution in [0.1, 0.15) is 61.3 Å². The fourth-order valence-electron chi connectivity index (χ4n) is 3.77. The lowest BCUT2D eigenvalue weighted by Gasteiger charge is -2.30. The summed E-state index contributed by atoms with van der Waals surface area (Å²) >= 11 is 0. The van der Waals surface area contributed by atoms with Gasteiger partial charge in [0.05, 0.1) is 0 Å². The predicted octanol–water partition coefficient (Wildman–Crippen LogP) is -0.566. The number of ketones is 1. The van der Waals surface area contributed by atoms with Crippen LogP contribution in [0.15, 0.2) is 0 Å². The van der Waals surface area contributed by atoms with Crippen LogP contribution >= 0.6 is 0 Å². The van der Waals surface area contributed by atoms with Gasteiger partial charge in [0, 0.05) is 6.54 Å². The molecule has 223 valence electrons. The maximum atomic E-state index is 13.4. The molecule has 5 atom stereocenters. The van der Waals surface area contributed by atoms with E-state index in [-0.39, 0.29) is 24.7 Å². The molecule has 5 unspecified atom stereocenters. The lowest BCUT2D eigenvalue weighted by Crippen LogP contribution is -2.55. The van der Waals surface area contributed by atoms with Gasteiger partial charge in [0.25, 0.3) is 0 Å². The number of likely N-dealkylation sites (tertiary alicyclic amines) is 1. The van der Waals surface area contributed by atoms with Crippen LogP contribution in [-0.4, -0.2) is 83.1 Å². The normalized spacial score (nSPS) is 17.9. The topological polar surface area (TPSA) is 201 Å². The van der Waals surface area contributed by atoms with E-state index in [4.69, 9.17) is 15.2 Å².